The van der Waals surface area contributed by atoms with Crippen molar-refractivity contribution in [3.05, 3.63) is 60.2 Å². The summed E-state index contributed by atoms with van der Waals surface area (Å²) in [6.45, 7) is 1.98. The fourth-order valence-corrected chi connectivity index (χ4v) is 1.01. The average molecular weight is 319 g/mol. The Kier molecular flexibility index (Phi) is 12.4. The Morgan fingerprint density at radius 3 is 1.45 bits per heavy atom. The van der Waals surface area contributed by atoms with Crippen molar-refractivity contribution in [1.82, 2.24) is 0 Å². The molecule has 0 spiro atoms. The normalized spacial score (nSPS) is 9.70. The molecule has 116 valence electrons. The van der Waals surface area contributed by atoms with Crippen LogP contribution in [-0.4, -0.2) is 22.2 Å². The SMILES string of the molecule is CC(N)[c-]1cccc1.O=C(O)C(=O)O.[Fe].[cH-]1[cH-][cH-][cH-][cH-]1. The Hall–Kier alpha value is -1.88. The summed E-state index contributed by atoms with van der Waals surface area (Å²) in [5.41, 5.74) is 6.77. The number of carboxylic acids is 2. The van der Waals surface area contributed by atoms with Gasteiger partial charge in [-0.15, -0.1) is 5.56 Å². The molecule has 0 fully saturated rings. The second kappa shape index (κ2) is 12.2. The number of rotatable bonds is 1. The molecule has 0 radical (unpaired) electrons. The van der Waals surface area contributed by atoms with Gasteiger partial charge in [-0.25, -0.2) is 21.7 Å². The van der Waals surface area contributed by atoms with Crippen molar-refractivity contribution in [2.75, 3.05) is 0 Å². The number of aliphatic carboxylic acids is 2. The van der Waals surface area contributed by atoms with Gasteiger partial charge in [-0.05, 0) is 6.04 Å². The number of nitrogens with two attached hydrogens (primary N) is 1. The number of carboxylic acid groups (broad SMARTS) is 2. The van der Waals surface area contributed by atoms with E-state index < -0.39 is 11.9 Å². The molecule has 4 N–H and O–H groups in total. The van der Waals surface area contributed by atoms with Crippen molar-refractivity contribution in [2.45, 2.75) is 13.0 Å². The zero-order valence-corrected chi connectivity index (χ0v) is 12.0. The number of hydrogen-bond donors (Lipinski definition) is 3. The van der Waals surface area contributed by atoms with Crippen LogP contribution in [0.1, 0.15) is 18.5 Å². The number of hydrogen-bond acceptors (Lipinski definition) is 3. The second-order valence-corrected chi connectivity index (χ2v) is 3.58. The van der Waals surface area contributed by atoms with E-state index in [0.29, 0.717) is 0 Å². The van der Waals surface area contributed by atoms with E-state index in [1.807, 2.05) is 61.5 Å². The van der Waals surface area contributed by atoms with Crippen LogP contribution in [0, 0.1) is 0 Å². The maximum absolute atomic E-state index is 9.10. The zero-order chi connectivity index (χ0) is 14.7. The van der Waals surface area contributed by atoms with Gasteiger partial charge in [0.2, 0.25) is 0 Å². The van der Waals surface area contributed by atoms with Gasteiger partial charge in [0.25, 0.3) is 0 Å². The van der Waals surface area contributed by atoms with E-state index >= 15 is 0 Å². The molecule has 6 heteroatoms. The molecule has 0 heterocycles. The summed E-state index contributed by atoms with van der Waals surface area (Å²) in [7, 11) is 0. The van der Waals surface area contributed by atoms with Crippen LogP contribution in [-0.2, 0) is 26.7 Å². The molecule has 1 atom stereocenters. The van der Waals surface area contributed by atoms with Crippen molar-refractivity contribution >= 4 is 11.9 Å². The van der Waals surface area contributed by atoms with Gasteiger partial charge in [0.1, 0.15) is 0 Å². The molecule has 2 aromatic rings. The molecule has 0 aromatic heterocycles. The molecular weight excluding hydrogens is 302 g/mol. The summed E-state index contributed by atoms with van der Waals surface area (Å²) >= 11 is 0. The first-order valence-corrected chi connectivity index (χ1v) is 5.55. The maximum atomic E-state index is 9.10. The van der Waals surface area contributed by atoms with Crippen molar-refractivity contribution in [3.63, 3.8) is 0 Å². The van der Waals surface area contributed by atoms with Crippen LogP contribution in [0.15, 0.2) is 54.6 Å². The first-order chi connectivity index (χ1) is 8.95. The maximum Gasteiger partial charge on any atom is 0.414 e. The van der Waals surface area contributed by atoms with Gasteiger partial charge < -0.3 is 46.3 Å². The van der Waals surface area contributed by atoms with E-state index in [0.717, 1.165) is 0 Å². The van der Waals surface area contributed by atoms with Crippen LogP contribution >= 0.6 is 0 Å². The molecule has 0 bridgehead atoms. The average Bonchev–Trinajstić information content (AvgIpc) is 3.06. The van der Waals surface area contributed by atoms with Gasteiger partial charge in [0, 0.05) is 17.1 Å². The van der Waals surface area contributed by atoms with Gasteiger partial charge in [0.05, 0.1) is 0 Å². The van der Waals surface area contributed by atoms with Gasteiger partial charge in [-0.3, -0.25) is 0 Å². The molecule has 0 aliphatic carbocycles. The van der Waals surface area contributed by atoms with Crippen LogP contribution in [0.5, 0.6) is 0 Å². The molecule has 5 nitrogen and oxygen atoms in total. The van der Waals surface area contributed by atoms with E-state index in [2.05, 4.69) is 0 Å². The monoisotopic (exact) mass is 319 g/mol. The summed E-state index contributed by atoms with van der Waals surface area (Å²) in [6.07, 6.45) is 0. The summed E-state index contributed by atoms with van der Waals surface area (Å²) in [5.74, 6) is -3.65. The summed E-state index contributed by atoms with van der Waals surface area (Å²) in [4.78, 5) is 18.2. The van der Waals surface area contributed by atoms with E-state index in [-0.39, 0.29) is 23.1 Å². The summed E-state index contributed by atoms with van der Waals surface area (Å²) in [5, 5.41) is 14.8. The fraction of sp³-hybridized carbons (Fsp3) is 0.143. The molecule has 2 aromatic carbocycles. The van der Waals surface area contributed by atoms with Crippen molar-refractivity contribution in [2.24, 2.45) is 5.73 Å². The number of carbonyl (C=O) groups is 2. The predicted molar refractivity (Wildman–Crippen MR) is 71.9 cm³/mol. The molecule has 20 heavy (non-hydrogen) atoms. The minimum absolute atomic E-state index is 0. The van der Waals surface area contributed by atoms with Crippen LogP contribution in [0.4, 0.5) is 0 Å². The third-order valence-corrected chi connectivity index (χ3v) is 1.95. The van der Waals surface area contributed by atoms with Crippen molar-refractivity contribution < 1.29 is 36.9 Å². The van der Waals surface area contributed by atoms with Gasteiger partial charge in [0.15, 0.2) is 0 Å². The van der Waals surface area contributed by atoms with Crippen molar-refractivity contribution in [1.29, 1.82) is 0 Å². The van der Waals surface area contributed by atoms with Crippen LogP contribution in [0.2, 0.25) is 0 Å². The van der Waals surface area contributed by atoms with Gasteiger partial charge in [-0.1, -0.05) is 6.92 Å². The minimum Gasteiger partial charge on any atom is -0.748 e. The van der Waals surface area contributed by atoms with Crippen LogP contribution in [0.3, 0.4) is 0 Å². The van der Waals surface area contributed by atoms with Crippen LogP contribution in [0.25, 0.3) is 0 Å². The van der Waals surface area contributed by atoms with Gasteiger partial charge in [-0.2, -0.15) is 12.1 Å². The van der Waals surface area contributed by atoms with Gasteiger partial charge >= 0.3 is 11.9 Å². The molecule has 0 aliphatic rings. The van der Waals surface area contributed by atoms with E-state index in [1.165, 1.54) is 5.56 Å². The molecule has 0 amide bonds. The summed E-state index contributed by atoms with van der Waals surface area (Å²) in [6, 6.07) is 18.2. The second-order valence-electron chi connectivity index (χ2n) is 3.58. The zero-order valence-electron chi connectivity index (χ0n) is 10.9. The fourth-order valence-electron chi connectivity index (χ4n) is 1.01. The molecule has 0 aliphatic heterocycles. The first-order valence-electron chi connectivity index (χ1n) is 5.55. The molecule has 0 saturated heterocycles. The third kappa shape index (κ3) is 11.2. The standard InChI is InChI=1S/C7H10N.C5H5.C2H2O4.Fe/c1-6(8)7-4-2-3-5-7;1-2-4-5-3-1;3-1(4)2(5)6;/h2-6H,8H2,1H3;1-5H;(H,3,4)(H,5,6);/q-1;-5;;. The van der Waals surface area contributed by atoms with E-state index in [4.69, 9.17) is 25.5 Å². The predicted octanol–water partition coefficient (Wildman–Crippen LogP) is 1.98. The first kappa shape index (κ1) is 20.4. The molecular formula is C14H17FeNO4-6. The smallest absolute Gasteiger partial charge is 0.414 e. The molecule has 0 saturated carbocycles. The van der Waals surface area contributed by atoms with E-state index in [9.17, 15) is 0 Å². The Bertz CT molecular complexity index is 420. The Balaban J connectivity index is 0. The molecule has 1 unspecified atom stereocenters. The Morgan fingerprint density at radius 1 is 1.00 bits per heavy atom. The largest absolute Gasteiger partial charge is 0.748 e. The summed E-state index contributed by atoms with van der Waals surface area (Å²) < 4.78 is 0. The van der Waals surface area contributed by atoms with E-state index in [1.54, 1.807) is 0 Å². The molecule has 2 rings (SSSR count). The van der Waals surface area contributed by atoms with Crippen LogP contribution < -0.4 is 5.73 Å². The quantitative estimate of drug-likeness (QED) is 0.424. The minimum atomic E-state index is -1.82. The third-order valence-electron chi connectivity index (χ3n) is 1.95. The topological polar surface area (TPSA) is 101 Å². The van der Waals surface area contributed by atoms with Crippen molar-refractivity contribution in [3.8, 4) is 0 Å². The Labute approximate surface area is 128 Å². The Morgan fingerprint density at radius 2 is 1.30 bits per heavy atom.